The Balaban J connectivity index is 2.74. The molecule has 0 saturated heterocycles. The lowest BCUT2D eigenvalue weighted by Crippen LogP contribution is -2.14. The molecule has 0 amide bonds. The number of halogens is 1. The first-order valence-corrected chi connectivity index (χ1v) is 5.51. The largest absolute Gasteiger partial charge is 0.228 e. The normalized spacial score (nSPS) is 18.9. The third-order valence-electron chi connectivity index (χ3n) is 2.10. The van der Waals surface area contributed by atoms with Crippen LogP contribution < -0.4 is 0 Å². The topological polar surface area (TPSA) is 15.6 Å². The van der Waals surface area contributed by atoms with Gasteiger partial charge in [0.05, 0.1) is 5.70 Å². The van der Waals surface area contributed by atoms with Crippen LogP contribution in [0.2, 0.25) is 0 Å². The van der Waals surface area contributed by atoms with Crippen LogP contribution in [0.15, 0.2) is 40.2 Å². The van der Waals surface area contributed by atoms with E-state index in [0.29, 0.717) is 5.92 Å². The fourth-order valence-corrected chi connectivity index (χ4v) is 1.79. The van der Waals surface area contributed by atoms with Gasteiger partial charge in [0.1, 0.15) is 4.61 Å². The molecule has 0 fully saturated rings. The molecule has 2 nitrogen and oxygen atoms in total. The fraction of sp³-hybridized carbons (Fsp3) is 0.364. The molecule has 14 heavy (non-hydrogen) atoms. The van der Waals surface area contributed by atoms with Crippen LogP contribution in [0, 0.1) is 5.92 Å². The maximum absolute atomic E-state index is 4.20. The molecule has 0 bridgehead atoms. The predicted molar refractivity (Wildman–Crippen MR) is 65.1 cm³/mol. The van der Waals surface area contributed by atoms with Gasteiger partial charge in [0.25, 0.3) is 0 Å². The SMILES string of the molecule is C=C1C=CC=NN1/C(Br)=C\C(C)CC. The van der Waals surface area contributed by atoms with Gasteiger partial charge in [-0.05, 0) is 46.5 Å². The van der Waals surface area contributed by atoms with E-state index in [-0.39, 0.29) is 0 Å². The third-order valence-corrected chi connectivity index (χ3v) is 2.70. The average Bonchev–Trinajstić information content (AvgIpc) is 2.18. The zero-order chi connectivity index (χ0) is 10.6. The molecule has 1 atom stereocenters. The molecule has 0 radical (unpaired) electrons. The van der Waals surface area contributed by atoms with Crippen molar-refractivity contribution < 1.29 is 0 Å². The molecule has 1 heterocycles. The Labute approximate surface area is 93.8 Å². The van der Waals surface area contributed by atoms with Gasteiger partial charge in [-0.3, -0.25) is 0 Å². The van der Waals surface area contributed by atoms with Gasteiger partial charge in [-0.15, -0.1) is 0 Å². The van der Waals surface area contributed by atoms with E-state index in [1.165, 1.54) is 0 Å². The molecule has 0 spiro atoms. The number of allylic oxidation sites excluding steroid dienone is 3. The van der Waals surface area contributed by atoms with Crippen molar-refractivity contribution in [3.8, 4) is 0 Å². The van der Waals surface area contributed by atoms with E-state index in [9.17, 15) is 0 Å². The van der Waals surface area contributed by atoms with Crippen LogP contribution >= 0.6 is 15.9 Å². The lowest BCUT2D eigenvalue weighted by atomic mass is 10.1. The maximum Gasteiger partial charge on any atom is 0.104 e. The van der Waals surface area contributed by atoms with E-state index < -0.39 is 0 Å². The van der Waals surface area contributed by atoms with Gasteiger partial charge < -0.3 is 0 Å². The van der Waals surface area contributed by atoms with Crippen LogP contribution in [0.5, 0.6) is 0 Å². The van der Waals surface area contributed by atoms with Gasteiger partial charge in [0.2, 0.25) is 0 Å². The Morgan fingerprint density at radius 2 is 2.50 bits per heavy atom. The first kappa shape index (κ1) is 11.2. The zero-order valence-electron chi connectivity index (χ0n) is 8.57. The highest BCUT2D eigenvalue weighted by atomic mass is 79.9. The Morgan fingerprint density at radius 3 is 3.07 bits per heavy atom. The zero-order valence-corrected chi connectivity index (χ0v) is 10.2. The summed E-state index contributed by atoms with van der Waals surface area (Å²) in [6.07, 6.45) is 8.82. The molecule has 0 aromatic carbocycles. The van der Waals surface area contributed by atoms with Gasteiger partial charge in [-0.1, -0.05) is 20.4 Å². The van der Waals surface area contributed by atoms with Crippen LogP contribution in [-0.4, -0.2) is 11.2 Å². The summed E-state index contributed by atoms with van der Waals surface area (Å²) in [7, 11) is 0. The quantitative estimate of drug-likeness (QED) is 0.703. The Hall–Kier alpha value is -0.830. The van der Waals surface area contributed by atoms with Crippen molar-refractivity contribution in [2.75, 3.05) is 0 Å². The lowest BCUT2D eigenvalue weighted by Gasteiger charge is -2.21. The minimum Gasteiger partial charge on any atom is -0.228 e. The second-order valence-electron chi connectivity index (χ2n) is 3.30. The van der Waals surface area contributed by atoms with Gasteiger partial charge in [-0.25, -0.2) is 5.01 Å². The highest BCUT2D eigenvalue weighted by Crippen LogP contribution is 2.23. The van der Waals surface area contributed by atoms with Gasteiger partial charge in [-0.2, -0.15) is 5.10 Å². The van der Waals surface area contributed by atoms with E-state index in [2.05, 4.69) is 47.5 Å². The van der Waals surface area contributed by atoms with Crippen LogP contribution in [0.4, 0.5) is 0 Å². The fourth-order valence-electron chi connectivity index (χ4n) is 1.02. The summed E-state index contributed by atoms with van der Waals surface area (Å²) in [5.41, 5.74) is 0.874. The Bertz CT molecular complexity index is 302. The number of hydrazone groups is 1. The van der Waals surface area contributed by atoms with Crippen LogP contribution in [0.1, 0.15) is 20.3 Å². The molecule has 1 aliphatic rings. The number of nitrogens with zero attached hydrogens (tertiary/aromatic N) is 2. The van der Waals surface area contributed by atoms with Crippen LogP contribution in [0.3, 0.4) is 0 Å². The molecule has 0 aromatic heterocycles. The molecule has 0 aromatic rings. The van der Waals surface area contributed by atoms with Gasteiger partial charge >= 0.3 is 0 Å². The van der Waals surface area contributed by atoms with E-state index in [4.69, 9.17) is 0 Å². The molecule has 0 saturated carbocycles. The van der Waals surface area contributed by atoms with Crippen molar-refractivity contribution in [1.82, 2.24) is 5.01 Å². The smallest absolute Gasteiger partial charge is 0.104 e. The summed E-state index contributed by atoms with van der Waals surface area (Å²) in [5, 5.41) is 5.99. The number of hydrogen-bond acceptors (Lipinski definition) is 2. The molecular weight excluding hydrogens is 240 g/mol. The minimum atomic E-state index is 0.540. The van der Waals surface area contributed by atoms with E-state index in [0.717, 1.165) is 16.7 Å². The third kappa shape index (κ3) is 2.84. The summed E-state index contributed by atoms with van der Waals surface area (Å²) in [5.74, 6) is 0.540. The molecule has 76 valence electrons. The predicted octanol–water partition coefficient (Wildman–Crippen LogP) is 3.64. The van der Waals surface area contributed by atoms with Crippen molar-refractivity contribution in [3.63, 3.8) is 0 Å². The highest BCUT2D eigenvalue weighted by Gasteiger charge is 2.09. The molecule has 1 aliphatic heterocycles. The standard InChI is InChI=1S/C11H15BrN2/c1-4-9(2)8-11(12)14-10(3)6-5-7-13-14/h5-9H,3-4H2,1-2H3/b11-8-. The van der Waals surface area contributed by atoms with Crippen LogP contribution in [0.25, 0.3) is 0 Å². The number of rotatable bonds is 3. The summed E-state index contributed by atoms with van der Waals surface area (Å²) in [6.45, 7) is 8.24. The minimum absolute atomic E-state index is 0.540. The van der Waals surface area contributed by atoms with Gasteiger partial charge in [0, 0.05) is 6.21 Å². The summed E-state index contributed by atoms with van der Waals surface area (Å²) >= 11 is 3.50. The second-order valence-corrected chi connectivity index (χ2v) is 4.11. The molecule has 0 N–H and O–H groups in total. The summed E-state index contributed by atoms with van der Waals surface area (Å²) < 4.78 is 0.956. The summed E-state index contributed by atoms with van der Waals surface area (Å²) in [6, 6.07) is 0. The maximum atomic E-state index is 4.20. The molecular formula is C11H15BrN2. The van der Waals surface area contributed by atoms with E-state index in [1.807, 2.05) is 12.2 Å². The van der Waals surface area contributed by atoms with Crippen molar-refractivity contribution in [1.29, 1.82) is 0 Å². The van der Waals surface area contributed by atoms with E-state index in [1.54, 1.807) is 11.2 Å². The lowest BCUT2D eigenvalue weighted by molar-refractivity contribution is 0.498. The van der Waals surface area contributed by atoms with Gasteiger partial charge in [0.15, 0.2) is 0 Å². The number of hydrogen-bond donors (Lipinski definition) is 0. The first-order chi connectivity index (χ1) is 6.65. The monoisotopic (exact) mass is 254 g/mol. The first-order valence-electron chi connectivity index (χ1n) is 4.72. The van der Waals surface area contributed by atoms with Crippen molar-refractivity contribution in [3.05, 3.63) is 35.1 Å². The Morgan fingerprint density at radius 1 is 1.79 bits per heavy atom. The average molecular weight is 255 g/mol. The van der Waals surface area contributed by atoms with Crippen molar-refractivity contribution in [2.45, 2.75) is 20.3 Å². The highest BCUT2D eigenvalue weighted by molar-refractivity contribution is 9.11. The van der Waals surface area contributed by atoms with Crippen molar-refractivity contribution in [2.24, 2.45) is 11.0 Å². The van der Waals surface area contributed by atoms with Crippen LogP contribution in [-0.2, 0) is 0 Å². The summed E-state index contributed by atoms with van der Waals surface area (Å²) in [4.78, 5) is 0. The Kier molecular flexibility index (Phi) is 4.14. The molecule has 1 rings (SSSR count). The molecule has 3 heteroatoms. The molecule has 1 unspecified atom stereocenters. The van der Waals surface area contributed by atoms with Crippen molar-refractivity contribution >= 4 is 22.1 Å². The second kappa shape index (κ2) is 5.15. The molecule has 0 aliphatic carbocycles. The van der Waals surface area contributed by atoms with E-state index >= 15 is 0 Å².